The third-order valence-corrected chi connectivity index (χ3v) is 2.88. The van der Waals surface area contributed by atoms with Crippen LogP contribution in [0.25, 0.3) is 0 Å². The lowest BCUT2D eigenvalue weighted by molar-refractivity contribution is -0.148. The van der Waals surface area contributed by atoms with Crippen molar-refractivity contribution in [2.24, 2.45) is 0 Å². The Morgan fingerprint density at radius 2 is 1.94 bits per heavy atom. The van der Waals surface area contributed by atoms with E-state index in [9.17, 15) is 22.8 Å². The summed E-state index contributed by atoms with van der Waals surface area (Å²) >= 11 is 0. The monoisotopic (exact) mass is 268 g/mol. The molecule has 1 atom stereocenters. The first-order valence-electron chi connectivity index (χ1n) is 5.53. The molecule has 0 aromatic rings. The molecule has 104 valence electrons. The Kier molecular flexibility index (Phi) is 4.08. The first-order chi connectivity index (χ1) is 8.15. The highest BCUT2D eigenvalue weighted by Gasteiger charge is 2.46. The molecule has 1 fully saturated rings. The van der Waals surface area contributed by atoms with Crippen LogP contribution in [-0.4, -0.2) is 34.9 Å². The third kappa shape index (κ3) is 3.78. The first kappa shape index (κ1) is 14.6. The molecule has 0 spiro atoms. The van der Waals surface area contributed by atoms with Gasteiger partial charge in [0.15, 0.2) is 0 Å². The second-order valence-corrected chi connectivity index (χ2v) is 4.56. The Morgan fingerprint density at radius 1 is 1.39 bits per heavy atom. The third-order valence-electron chi connectivity index (χ3n) is 2.88. The van der Waals surface area contributed by atoms with Crippen molar-refractivity contribution in [3.63, 3.8) is 0 Å². The van der Waals surface area contributed by atoms with E-state index in [1.54, 1.807) is 0 Å². The number of urea groups is 1. The summed E-state index contributed by atoms with van der Waals surface area (Å²) in [6.07, 6.45) is -4.26. The van der Waals surface area contributed by atoms with Gasteiger partial charge in [-0.25, -0.2) is 9.59 Å². The van der Waals surface area contributed by atoms with Crippen molar-refractivity contribution in [1.29, 1.82) is 0 Å². The largest absolute Gasteiger partial charge is 0.480 e. The summed E-state index contributed by atoms with van der Waals surface area (Å²) in [5, 5.41) is 13.2. The number of nitrogens with one attached hydrogen (secondary N) is 2. The van der Waals surface area contributed by atoms with Gasteiger partial charge in [-0.15, -0.1) is 0 Å². The quantitative estimate of drug-likeness (QED) is 0.725. The highest BCUT2D eigenvalue weighted by Crippen LogP contribution is 2.32. The lowest BCUT2D eigenvalue weighted by atomic mass is 9.77. The molecule has 0 saturated heterocycles. The number of carboxylic acids is 1. The average Bonchev–Trinajstić information content (AvgIpc) is 2.06. The molecule has 0 heterocycles. The highest BCUT2D eigenvalue weighted by molar-refractivity contribution is 5.87. The number of hydrogen-bond donors (Lipinski definition) is 3. The molecule has 1 unspecified atom stereocenters. The fourth-order valence-corrected chi connectivity index (χ4v) is 1.80. The molecule has 0 bridgehead atoms. The van der Waals surface area contributed by atoms with Crippen LogP contribution in [-0.2, 0) is 4.79 Å². The Labute approximate surface area is 102 Å². The van der Waals surface area contributed by atoms with Gasteiger partial charge in [-0.3, -0.25) is 0 Å². The predicted molar refractivity (Wildman–Crippen MR) is 56.0 cm³/mol. The zero-order valence-electron chi connectivity index (χ0n) is 9.80. The molecule has 1 rings (SSSR count). The summed E-state index contributed by atoms with van der Waals surface area (Å²) in [6.45, 7) is 1.21. The van der Waals surface area contributed by atoms with Crippen molar-refractivity contribution in [1.82, 2.24) is 10.6 Å². The van der Waals surface area contributed by atoms with Gasteiger partial charge in [-0.1, -0.05) is 0 Å². The Morgan fingerprint density at radius 3 is 2.28 bits per heavy atom. The number of rotatable bonds is 4. The summed E-state index contributed by atoms with van der Waals surface area (Å²) in [6, 6.07) is -1.98. The van der Waals surface area contributed by atoms with Gasteiger partial charge in [-0.05, 0) is 26.2 Å². The maximum absolute atomic E-state index is 12.0. The van der Waals surface area contributed by atoms with E-state index < -0.39 is 36.2 Å². The molecular weight excluding hydrogens is 253 g/mol. The van der Waals surface area contributed by atoms with Crippen molar-refractivity contribution < 1.29 is 27.9 Å². The van der Waals surface area contributed by atoms with Gasteiger partial charge in [0.25, 0.3) is 0 Å². The molecule has 0 aromatic heterocycles. The minimum atomic E-state index is -4.37. The summed E-state index contributed by atoms with van der Waals surface area (Å²) in [4.78, 5) is 22.3. The van der Waals surface area contributed by atoms with Gasteiger partial charge in [0.05, 0.1) is 6.42 Å². The Bertz CT molecular complexity index is 340. The van der Waals surface area contributed by atoms with E-state index in [2.05, 4.69) is 10.6 Å². The standard InChI is InChI=1S/C10H15F3N2O3/c1-6(5-10(11,12)13)14-8(18)15-9(7(16)17)3-2-4-9/h6H,2-5H2,1H3,(H,16,17)(H2,14,15,18). The van der Waals surface area contributed by atoms with Crippen molar-refractivity contribution in [2.75, 3.05) is 0 Å². The first-order valence-corrected chi connectivity index (χ1v) is 5.53. The molecule has 1 aliphatic rings. The van der Waals surface area contributed by atoms with Crippen molar-refractivity contribution >= 4 is 12.0 Å². The van der Waals surface area contributed by atoms with Crippen LogP contribution in [0.1, 0.15) is 32.6 Å². The number of carbonyl (C=O) groups is 2. The second-order valence-electron chi connectivity index (χ2n) is 4.56. The Hall–Kier alpha value is -1.47. The number of carboxylic acid groups (broad SMARTS) is 1. The minimum absolute atomic E-state index is 0.295. The van der Waals surface area contributed by atoms with E-state index in [-0.39, 0.29) is 0 Å². The molecule has 0 aliphatic heterocycles. The summed E-state index contributed by atoms with van der Waals surface area (Å²) in [7, 11) is 0. The number of amides is 2. The number of carbonyl (C=O) groups excluding carboxylic acids is 1. The van der Waals surface area contributed by atoms with E-state index in [1.165, 1.54) is 6.92 Å². The van der Waals surface area contributed by atoms with Gasteiger partial charge >= 0.3 is 18.2 Å². The Balaban J connectivity index is 2.44. The molecule has 0 aromatic carbocycles. The molecule has 1 saturated carbocycles. The van der Waals surface area contributed by atoms with Crippen molar-refractivity contribution in [2.45, 2.75) is 50.4 Å². The molecule has 0 radical (unpaired) electrons. The topological polar surface area (TPSA) is 78.4 Å². The molecule has 8 heteroatoms. The SMILES string of the molecule is CC(CC(F)(F)F)NC(=O)NC1(C(=O)O)CCC1. The van der Waals surface area contributed by atoms with E-state index in [0.29, 0.717) is 19.3 Å². The fraction of sp³-hybridized carbons (Fsp3) is 0.800. The van der Waals surface area contributed by atoms with Crippen LogP contribution in [0.15, 0.2) is 0 Å². The van der Waals surface area contributed by atoms with Crippen molar-refractivity contribution in [3.05, 3.63) is 0 Å². The maximum Gasteiger partial charge on any atom is 0.391 e. The summed E-state index contributed by atoms with van der Waals surface area (Å²) < 4.78 is 36.1. The molecule has 5 nitrogen and oxygen atoms in total. The smallest absolute Gasteiger partial charge is 0.391 e. The maximum atomic E-state index is 12.0. The highest BCUT2D eigenvalue weighted by atomic mass is 19.4. The normalized spacial score (nSPS) is 19.6. The minimum Gasteiger partial charge on any atom is -0.480 e. The van der Waals surface area contributed by atoms with E-state index in [4.69, 9.17) is 5.11 Å². The van der Waals surface area contributed by atoms with Crippen LogP contribution in [0.4, 0.5) is 18.0 Å². The molecule has 1 aliphatic carbocycles. The molecule has 2 amide bonds. The summed E-state index contributed by atoms with van der Waals surface area (Å²) in [5.74, 6) is -1.16. The van der Waals surface area contributed by atoms with Crippen LogP contribution in [0.3, 0.4) is 0 Å². The van der Waals surface area contributed by atoms with E-state index in [1.807, 2.05) is 0 Å². The summed E-state index contributed by atoms with van der Waals surface area (Å²) in [5.41, 5.74) is -1.32. The fourth-order valence-electron chi connectivity index (χ4n) is 1.80. The number of halogens is 3. The van der Waals surface area contributed by atoms with E-state index in [0.717, 1.165) is 0 Å². The second kappa shape index (κ2) is 5.03. The number of alkyl halides is 3. The lowest BCUT2D eigenvalue weighted by Crippen LogP contribution is -2.62. The van der Waals surface area contributed by atoms with Crippen LogP contribution >= 0.6 is 0 Å². The van der Waals surface area contributed by atoms with Crippen LogP contribution in [0, 0.1) is 0 Å². The number of aliphatic carboxylic acids is 1. The van der Waals surface area contributed by atoms with Crippen molar-refractivity contribution in [3.8, 4) is 0 Å². The number of hydrogen-bond acceptors (Lipinski definition) is 2. The van der Waals surface area contributed by atoms with Gasteiger partial charge in [0.1, 0.15) is 5.54 Å². The van der Waals surface area contributed by atoms with Gasteiger partial charge in [0.2, 0.25) is 0 Å². The van der Waals surface area contributed by atoms with Gasteiger partial charge in [0, 0.05) is 6.04 Å². The predicted octanol–water partition coefficient (Wildman–Crippen LogP) is 1.63. The van der Waals surface area contributed by atoms with Gasteiger partial charge < -0.3 is 15.7 Å². The van der Waals surface area contributed by atoms with E-state index >= 15 is 0 Å². The average molecular weight is 268 g/mol. The molecule has 3 N–H and O–H groups in total. The molecule has 18 heavy (non-hydrogen) atoms. The molecular formula is C10H15F3N2O3. The van der Waals surface area contributed by atoms with Crippen LogP contribution < -0.4 is 10.6 Å². The van der Waals surface area contributed by atoms with Gasteiger partial charge in [-0.2, -0.15) is 13.2 Å². The lowest BCUT2D eigenvalue weighted by Gasteiger charge is -2.38. The zero-order valence-corrected chi connectivity index (χ0v) is 9.80. The van der Waals surface area contributed by atoms with Crippen LogP contribution in [0.5, 0.6) is 0 Å². The zero-order chi connectivity index (χ0) is 14.0. The van der Waals surface area contributed by atoms with Crippen LogP contribution in [0.2, 0.25) is 0 Å².